The van der Waals surface area contributed by atoms with Crippen LogP contribution in [0.1, 0.15) is 12.5 Å². The average molecular weight is 389 g/mol. The van der Waals surface area contributed by atoms with Crippen molar-refractivity contribution in [1.29, 1.82) is 0 Å². The van der Waals surface area contributed by atoms with E-state index in [-0.39, 0.29) is 10.0 Å². The van der Waals surface area contributed by atoms with Gasteiger partial charge in [-0.05, 0) is 25.1 Å². The molecule has 6 nitrogen and oxygen atoms in total. The largest absolute Gasteiger partial charge is 0.389 e. The second-order valence-electron chi connectivity index (χ2n) is 4.20. The molecule has 0 aliphatic heterocycles. The van der Waals surface area contributed by atoms with E-state index in [2.05, 4.69) is 25.6 Å². The molecule has 0 radical (unpaired) electrons. The van der Waals surface area contributed by atoms with Crippen LogP contribution < -0.4 is 10.5 Å². The average Bonchev–Trinajstić information content (AvgIpc) is 2.87. The van der Waals surface area contributed by atoms with Crippen LogP contribution in [-0.2, 0) is 16.6 Å². The zero-order chi connectivity index (χ0) is 15.6. The Bertz CT molecular complexity index is 786. The highest BCUT2D eigenvalue weighted by molar-refractivity contribution is 9.10. The molecule has 1 heterocycles. The minimum Gasteiger partial charge on any atom is -0.389 e. The number of rotatable bonds is 5. The highest BCUT2D eigenvalue weighted by Gasteiger charge is 2.19. The van der Waals surface area contributed by atoms with Crippen molar-refractivity contribution >= 4 is 48.8 Å². The number of aryl methyl sites for hydroxylation is 1. The van der Waals surface area contributed by atoms with Gasteiger partial charge in [0.1, 0.15) is 4.99 Å². The van der Waals surface area contributed by atoms with Gasteiger partial charge in [0.2, 0.25) is 0 Å². The van der Waals surface area contributed by atoms with E-state index in [1.165, 1.54) is 12.5 Å². The molecule has 3 N–H and O–H groups in total. The molecule has 0 saturated carbocycles. The van der Waals surface area contributed by atoms with E-state index in [1.807, 2.05) is 6.92 Å². The predicted octanol–water partition coefficient (Wildman–Crippen LogP) is 2.10. The van der Waals surface area contributed by atoms with Crippen LogP contribution in [-0.4, -0.2) is 23.0 Å². The normalized spacial score (nSPS) is 11.3. The second-order valence-corrected chi connectivity index (χ2v) is 7.19. The molecule has 2 rings (SSSR count). The number of hydrogen-bond donors (Lipinski definition) is 2. The monoisotopic (exact) mass is 388 g/mol. The van der Waals surface area contributed by atoms with E-state index in [9.17, 15) is 8.42 Å². The number of anilines is 1. The molecule has 0 spiro atoms. The Morgan fingerprint density at radius 2 is 2.24 bits per heavy atom. The smallest absolute Gasteiger partial charge is 0.280 e. The molecule has 0 bridgehead atoms. The lowest BCUT2D eigenvalue weighted by molar-refractivity contribution is 0.598. The summed E-state index contributed by atoms with van der Waals surface area (Å²) in [5.41, 5.74) is 6.37. The van der Waals surface area contributed by atoms with Crippen molar-refractivity contribution in [3.63, 3.8) is 0 Å². The zero-order valence-corrected chi connectivity index (χ0v) is 14.3. The summed E-state index contributed by atoms with van der Waals surface area (Å²) in [5, 5.41) is -0.0572. The highest BCUT2D eigenvalue weighted by atomic mass is 79.9. The van der Waals surface area contributed by atoms with E-state index in [1.54, 1.807) is 22.8 Å². The van der Waals surface area contributed by atoms with Gasteiger partial charge in [0, 0.05) is 22.8 Å². The lowest BCUT2D eigenvalue weighted by Gasteiger charge is -2.11. The molecule has 0 amide bonds. The van der Waals surface area contributed by atoms with Crippen molar-refractivity contribution in [3.8, 4) is 0 Å². The molecule has 112 valence electrons. The van der Waals surface area contributed by atoms with Gasteiger partial charge < -0.3 is 10.3 Å². The van der Waals surface area contributed by atoms with Crippen molar-refractivity contribution in [2.45, 2.75) is 18.5 Å². The van der Waals surface area contributed by atoms with E-state index >= 15 is 0 Å². The van der Waals surface area contributed by atoms with Gasteiger partial charge in [-0.3, -0.25) is 4.72 Å². The summed E-state index contributed by atoms with van der Waals surface area (Å²) in [6, 6.07) is 4.98. The van der Waals surface area contributed by atoms with Crippen LogP contribution in [0.4, 0.5) is 5.69 Å². The molecule has 0 aliphatic rings. The third-order valence-corrected chi connectivity index (χ3v) is 4.70. The molecular formula is C12H13BrN4O2S2. The first-order chi connectivity index (χ1) is 9.83. The van der Waals surface area contributed by atoms with Crippen LogP contribution >= 0.6 is 28.1 Å². The van der Waals surface area contributed by atoms with Crippen LogP contribution in [0, 0.1) is 0 Å². The molecule has 1 aromatic heterocycles. The third kappa shape index (κ3) is 3.60. The summed E-state index contributed by atoms with van der Waals surface area (Å²) >= 11 is 8.22. The number of sulfonamides is 1. The number of thiocarbonyl (C=S) groups is 1. The first-order valence-corrected chi connectivity index (χ1v) is 8.66. The number of benzene rings is 1. The SMILES string of the molecule is CCn1cnc(S(=O)(=O)Nc2cc(Br)ccc2C(N)=S)c1. The molecule has 0 atom stereocenters. The predicted molar refractivity (Wildman–Crippen MR) is 88.7 cm³/mol. The van der Waals surface area contributed by atoms with Crippen molar-refractivity contribution < 1.29 is 8.42 Å². The topological polar surface area (TPSA) is 90.0 Å². The van der Waals surface area contributed by atoms with Gasteiger partial charge in [0.15, 0.2) is 5.03 Å². The van der Waals surface area contributed by atoms with Crippen molar-refractivity contribution in [2.24, 2.45) is 5.73 Å². The number of nitrogens with one attached hydrogen (secondary N) is 1. The minimum atomic E-state index is -3.79. The summed E-state index contributed by atoms with van der Waals surface area (Å²) < 4.78 is 29.5. The van der Waals surface area contributed by atoms with Crippen molar-refractivity contribution in [3.05, 3.63) is 40.8 Å². The summed E-state index contributed by atoms with van der Waals surface area (Å²) in [5.74, 6) is 0. The number of halogens is 1. The second kappa shape index (κ2) is 6.12. The minimum absolute atomic E-state index is 0.0572. The number of aromatic nitrogens is 2. The van der Waals surface area contributed by atoms with Crippen LogP contribution in [0.2, 0.25) is 0 Å². The quantitative estimate of drug-likeness (QED) is 0.765. The van der Waals surface area contributed by atoms with Crippen LogP contribution in [0.25, 0.3) is 0 Å². The van der Waals surface area contributed by atoms with Crippen molar-refractivity contribution in [2.75, 3.05) is 4.72 Å². The summed E-state index contributed by atoms with van der Waals surface area (Å²) in [7, 11) is -3.79. The maximum absolute atomic E-state index is 12.3. The molecule has 0 saturated heterocycles. The molecule has 0 aliphatic carbocycles. The van der Waals surface area contributed by atoms with Gasteiger partial charge in [-0.2, -0.15) is 8.42 Å². The Morgan fingerprint density at radius 1 is 1.52 bits per heavy atom. The van der Waals surface area contributed by atoms with E-state index in [4.69, 9.17) is 18.0 Å². The fourth-order valence-electron chi connectivity index (χ4n) is 1.66. The number of imidazole rings is 1. The Kier molecular flexibility index (Phi) is 4.64. The van der Waals surface area contributed by atoms with Gasteiger partial charge >= 0.3 is 0 Å². The Balaban J connectivity index is 2.41. The molecular weight excluding hydrogens is 376 g/mol. The first-order valence-electron chi connectivity index (χ1n) is 5.97. The van der Waals surface area contributed by atoms with E-state index < -0.39 is 10.0 Å². The standard InChI is InChI=1S/C12H13BrN4O2S2/c1-2-17-6-11(15-7-17)21(18,19)16-10-5-8(13)3-4-9(10)12(14)20/h3-7,16H,2H2,1H3,(H2,14,20). The van der Waals surface area contributed by atoms with Gasteiger partial charge in [-0.15, -0.1) is 0 Å². The third-order valence-electron chi connectivity index (χ3n) is 2.74. The van der Waals surface area contributed by atoms with E-state index in [0.717, 1.165) is 0 Å². The molecule has 0 fully saturated rings. The van der Waals surface area contributed by atoms with Gasteiger partial charge in [-0.25, -0.2) is 4.98 Å². The van der Waals surface area contributed by atoms with Gasteiger partial charge in [-0.1, -0.05) is 28.1 Å². The summed E-state index contributed by atoms with van der Waals surface area (Å²) in [6.07, 6.45) is 2.92. The van der Waals surface area contributed by atoms with Gasteiger partial charge in [0.25, 0.3) is 10.0 Å². The maximum atomic E-state index is 12.3. The number of hydrogen-bond acceptors (Lipinski definition) is 4. The van der Waals surface area contributed by atoms with Crippen molar-refractivity contribution in [1.82, 2.24) is 9.55 Å². The molecule has 2 aromatic rings. The van der Waals surface area contributed by atoms with E-state index in [0.29, 0.717) is 22.3 Å². The number of nitrogens with two attached hydrogens (primary N) is 1. The molecule has 9 heteroatoms. The van der Waals surface area contributed by atoms with Crippen LogP contribution in [0.5, 0.6) is 0 Å². The van der Waals surface area contributed by atoms with Crippen LogP contribution in [0.3, 0.4) is 0 Å². The lowest BCUT2D eigenvalue weighted by Crippen LogP contribution is -2.18. The Hall–Kier alpha value is -1.45. The zero-order valence-electron chi connectivity index (χ0n) is 11.1. The fourth-order valence-corrected chi connectivity index (χ4v) is 3.23. The molecule has 1 aromatic carbocycles. The Labute approximate surface area is 136 Å². The summed E-state index contributed by atoms with van der Waals surface area (Å²) in [6.45, 7) is 2.53. The lowest BCUT2D eigenvalue weighted by atomic mass is 10.2. The first kappa shape index (κ1) is 15.9. The summed E-state index contributed by atoms with van der Waals surface area (Å²) in [4.78, 5) is 4.00. The van der Waals surface area contributed by atoms with Gasteiger partial charge in [0.05, 0.1) is 12.0 Å². The van der Waals surface area contributed by atoms with Crippen LogP contribution in [0.15, 0.2) is 40.2 Å². The fraction of sp³-hybridized carbons (Fsp3) is 0.167. The molecule has 21 heavy (non-hydrogen) atoms. The maximum Gasteiger partial charge on any atom is 0.280 e. The Morgan fingerprint density at radius 3 is 2.81 bits per heavy atom. The number of nitrogens with zero attached hydrogens (tertiary/aromatic N) is 2. The highest BCUT2D eigenvalue weighted by Crippen LogP contribution is 2.24. The molecule has 0 unspecified atom stereocenters.